The van der Waals surface area contributed by atoms with Gasteiger partial charge in [0.25, 0.3) is 5.91 Å². The first-order chi connectivity index (χ1) is 13.8. The predicted molar refractivity (Wildman–Crippen MR) is 112 cm³/mol. The molecular formula is C21H17ClN6O. The minimum atomic E-state index is -0.415. The lowest BCUT2D eigenvalue weighted by molar-refractivity contribution is 0.102. The van der Waals surface area contributed by atoms with Gasteiger partial charge in [0.05, 0.1) is 16.3 Å². The minimum absolute atomic E-state index is 0.136. The summed E-state index contributed by atoms with van der Waals surface area (Å²) in [5.41, 5.74) is 9.96. The highest BCUT2D eigenvalue weighted by Crippen LogP contribution is 2.23. The van der Waals surface area contributed by atoms with E-state index in [2.05, 4.69) is 21.4 Å². The summed E-state index contributed by atoms with van der Waals surface area (Å²) < 4.78 is 0. The number of benzene rings is 1. The Kier molecular flexibility index (Phi) is 5.57. The summed E-state index contributed by atoms with van der Waals surface area (Å²) in [5.74, 6) is -0.415. The van der Waals surface area contributed by atoms with Crippen molar-refractivity contribution >= 4 is 34.6 Å². The third-order valence-corrected chi connectivity index (χ3v) is 4.76. The molecule has 0 aliphatic carbocycles. The molecule has 3 rings (SSSR count). The highest BCUT2D eigenvalue weighted by molar-refractivity contribution is 6.31. The zero-order valence-electron chi connectivity index (χ0n) is 15.7. The van der Waals surface area contributed by atoms with Crippen molar-refractivity contribution in [1.29, 1.82) is 10.7 Å². The number of nitrogens with two attached hydrogens (primary N) is 1. The molecule has 3 aromatic rings. The van der Waals surface area contributed by atoms with Crippen LogP contribution in [0.2, 0.25) is 5.02 Å². The predicted octanol–water partition coefficient (Wildman–Crippen LogP) is 3.87. The monoisotopic (exact) mass is 404 g/mol. The molecule has 0 unspecified atom stereocenters. The molecule has 7 nitrogen and oxygen atoms in total. The van der Waals surface area contributed by atoms with Crippen LogP contribution in [0.3, 0.4) is 0 Å². The maximum absolute atomic E-state index is 12.7. The van der Waals surface area contributed by atoms with E-state index in [1.54, 1.807) is 38.1 Å². The molecule has 0 radical (unpaired) electrons. The number of carbonyl (C=O) groups is 1. The number of anilines is 2. The van der Waals surface area contributed by atoms with Crippen LogP contribution in [0.1, 0.15) is 38.3 Å². The number of nitriles is 1. The van der Waals surface area contributed by atoms with Gasteiger partial charge in [-0.2, -0.15) is 5.26 Å². The highest BCUT2D eigenvalue weighted by Gasteiger charge is 2.16. The van der Waals surface area contributed by atoms with Gasteiger partial charge < -0.3 is 11.1 Å². The van der Waals surface area contributed by atoms with Crippen molar-refractivity contribution in [2.24, 2.45) is 0 Å². The Hall–Kier alpha value is -3.76. The SMILES string of the molecule is Cc1c(C#N)cnc(C(=O)Nc2ccc(N)c(C(=N)c3cncc(Cl)c3)c2)c1C. The molecule has 4 N–H and O–H groups in total. The Morgan fingerprint density at radius 3 is 2.66 bits per heavy atom. The molecule has 0 saturated carbocycles. The second kappa shape index (κ2) is 8.09. The van der Waals surface area contributed by atoms with Gasteiger partial charge >= 0.3 is 0 Å². The van der Waals surface area contributed by atoms with Crippen molar-refractivity contribution in [2.45, 2.75) is 13.8 Å². The second-order valence-electron chi connectivity index (χ2n) is 6.41. The standard InChI is InChI=1S/C21H17ClN6O/c1-11-12(2)20(27-9-14(11)7-23)21(29)28-16-3-4-18(24)17(6-16)19(25)13-5-15(22)10-26-8-13/h3-6,8-10,25H,24H2,1-2H3,(H,28,29). The van der Waals surface area contributed by atoms with Crippen molar-refractivity contribution in [3.63, 3.8) is 0 Å². The molecule has 1 aromatic carbocycles. The van der Waals surface area contributed by atoms with E-state index in [4.69, 9.17) is 28.0 Å². The first kappa shape index (κ1) is 20.0. The van der Waals surface area contributed by atoms with E-state index in [-0.39, 0.29) is 11.4 Å². The first-order valence-corrected chi connectivity index (χ1v) is 8.96. The Morgan fingerprint density at radius 1 is 1.21 bits per heavy atom. The number of amides is 1. The van der Waals surface area contributed by atoms with Crippen LogP contribution in [0.5, 0.6) is 0 Å². The molecule has 0 aliphatic heterocycles. The van der Waals surface area contributed by atoms with E-state index < -0.39 is 5.91 Å². The van der Waals surface area contributed by atoms with Gasteiger partial charge in [-0.05, 0) is 49.2 Å². The minimum Gasteiger partial charge on any atom is -0.398 e. The van der Waals surface area contributed by atoms with Crippen molar-refractivity contribution in [2.75, 3.05) is 11.1 Å². The number of hydrogen-bond donors (Lipinski definition) is 3. The molecule has 0 bridgehead atoms. The van der Waals surface area contributed by atoms with Gasteiger partial charge in [0.1, 0.15) is 11.8 Å². The van der Waals surface area contributed by atoms with E-state index in [9.17, 15) is 4.79 Å². The van der Waals surface area contributed by atoms with Crippen LogP contribution in [0.4, 0.5) is 11.4 Å². The van der Waals surface area contributed by atoms with E-state index in [0.717, 1.165) is 0 Å². The van der Waals surface area contributed by atoms with Gasteiger partial charge in [0.2, 0.25) is 0 Å². The van der Waals surface area contributed by atoms with Crippen LogP contribution in [0, 0.1) is 30.6 Å². The smallest absolute Gasteiger partial charge is 0.274 e. The largest absolute Gasteiger partial charge is 0.398 e. The number of pyridine rings is 2. The van der Waals surface area contributed by atoms with E-state index in [1.807, 2.05) is 0 Å². The molecule has 0 aliphatic rings. The number of hydrogen-bond acceptors (Lipinski definition) is 6. The van der Waals surface area contributed by atoms with Gasteiger partial charge in [-0.15, -0.1) is 0 Å². The number of carbonyl (C=O) groups excluding carboxylic acids is 1. The van der Waals surface area contributed by atoms with Crippen LogP contribution in [0.15, 0.2) is 42.9 Å². The lowest BCUT2D eigenvalue weighted by atomic mass is 10.0. The lowest BCUT2D eigenvalue weighted by Crippen LogP contribution is -2.17. The Morgan fingerprint density at radius 2 is 1.97 bits per heavy atom. The molecule has 0 atom stereocenters. The van der Waals surface area contributed by atoms with Crippen molar-refractivity contribution in [3.8, 4) is 6.07 Å². The summed E-state index contributed by atoms with van der Waals surface area (Å²) in [6.07, 6.45) is 4.38. The fourth-order valence-corrected chi connectivity index (χ4v) is 2.96. The molecule has 8 heteroatoms. The molecule has 144 valence electrons. The molecule has 2 aromatic heterocycles. The first-order valence-electron chi connectivity index (χ1n) is 8.59. The Balaban J connectivity index is 1.91. The number of nitrogens with zero attached hydrogens (tertiary/aromatic N) is 3. The number of halogens is 1. The van der Waals surface area contributed by atoms with E-state index in [1.165, 1.54) is 18.6 Å². The van der Waals surface area contributed by atoms with Crippen molar-refractivity contribution in [3.05, 3.63) is 81.4 Å². The zero-order chi connectivity index (χ0) is 21.1. The third kappa shape index (κ3) is 4.08. The topological polar surface area (TPSA) is 129 Å². The summed E-state index contributed by atoms with van der Waals surface area (Å²) in [4.78, 5) is 20.8. The summed E-state index contributed by atoms with van der Waals surface area (Å²) >= 11 is 5.96. The number of rotatable bonds is 4. The lowest BCUT2D eigenvalue weighted by Gasteiger charge is -2.13. The maximum Gasteiger partial charge on any atom is 0.274 e. The van der Waals surface area contributed by atoms with Crippen LogP contribution >= 0.6 is 11.6 Å². The van der Waals surface area contributed by atoms with Gasteiger partial charge in [0.15, 0.2) is 0 Å². The van der Waals surface area contributed by atoms with Crippen LogP contribution in [-0.2, 0) is 0 Å². The van der Waals surface area contributed by atoms with E-state index >= 15 is 0 Å². The number of nitrogens with one attached hydrogen (secondary N) is 2. The van der Waals surface area contributed by atoms with Gasteiger partial charge in [-0.3, -0.25) is 15.2 Å². The maximum atomic E-state index is 12.7. The third-order valence-electron chi connectivity index (χ3n) is 4.55. The van der Waals surface area contributed by atoms with Gasteiger partial charge in [-0.1, -0.05) is 11.6 Å². The molecule has 0 saturated heterocycles. The van der Waals surface area contributed by atoms with Gasteiger partial charge in [-0.25, -0.2) is 4.98 Å². The molecule has 29 heavy (non-hydrogen) atoms. The highest BCUT2D eigenvalue weighted by atomic mass is 35.5. The number of nitrogen functional groups attached to an aromatic ring is 1. The Labute approximate surface area is 172 Å². The van der Waals surface area contributed by atoms with Crippen molar-refractivity contribution < 1.29 is 4.79 Å². The van der Waals surface area contributed by atoms with Gasteiger partial charge in [0, 0.05) is 41.1 Å². The van der Waals surface area contributed by atoms with Crippen molar-refractivity contribution in [1.82, 2.24) is 9.97 Å². The fourth-order valence-electron chi connectivity index (χ4n) is 2.79. The molecule has 1 amide bonds. The summed E-state index contributed by atoms with van der Waals surface area (Å²) in [6.45, 7) is 3.52. The average molecular weight is 405 g/mol. The molecule has 2 heterocycles. The quantitative estimate of drug-likeness (QED) is 0.449. The second-order valence-corrected chi connectivity index (χ2v) is 6.84. The summed E-state index contributed by atoms with van der Waals surface area (Å²) in [6, 6.07) is 8.54. The zero-order valence-corrected chi connectivity index (χ0v) is 16.5. The fraction of sp³-hybridized carbons (Fsp3) is 0.0952. The molecule has 0 spiro atoms. The van der Waals surface area contributed by atoms with Crippen LogP contribution in [-0.4, -0.2) is 21.6 Å². The summed E-state index contributed by atoms with van der Waals surface area (Å²) in [7, 11) is 0. The Bertz CT molecular complexity index is 1180. The summed E-state index contributed by atoms with van der Waals surface area (Å²) in [5, 5.41) is 20.7. The number of aromatic nitrogens is 2. The molecular weight excluding hydrogens is 388 g/mol. The van der Waals surface area contributed by atoms with E-state index in [0.29, 0.717) is 44.2 Å². The van der Waals surface area contributed by atoms with Crippen LogP contribution in [0.25, 0.3) is 0 Å². The molecule has 0 fully saturated rings. The van der Waals surface area contributed by atoms with Crippen LogP contribution < -0.4 is 11.1 Å². The average Bonchev–Trinajstić information content (AvgIpc) is 2.70. The normalized spacial score (nSPS) is 10.3.